The highest BCUT2D eigenvalue weighted by Crippen LogP contribution is 2.28. The molecule has 0 aliphatic heterocycles. The van der Waals surface area contributed by atoms with E-state index in [-0.39, 0.29) is 5.91 Å². The smallest absolute Gasteiger partial charge is 0.329 e. The average molecular weight is 303 g/mol. The Balaban J connectivity index is 2.15. The summed E-state index contributed by atoms with van der Waals surface area (Å²) in [6, 6.07) is 13.5. The topological polar surface area (TPSA) is 55.4 Å². The molecule has 5 heteroatoms. The van der Waals surface area contributed by atoms with Crippen LogP contribution in [0.3, 0.4) is 0 Å². The van der Waals surface area contributed by atoms with Crippen molar-refractivity contribution >= 4 is 34.4 Å². The number of rotatable bonds is 5. The molecule has 0 fully saturated rings. The van der Waals surface area contributed by atoms with Crippen LogP contribution in [0.4, 0.5) is 0 Å². The molecule has 1 amide bonds. The van der Waals surface area contributed by atoms with Crippen LogP contribution in [0.2, 0.25) is 0 Å². The lowest BCUT2D eigenvalue weighted by Gasteiger charge is -2.15. The fourth-order valence-electron chi connectivity index (χ4n) is 2.05. The summed E-state index contributed by atoms with van der Waals surface area (Å²) in [6.07, 6.45) is 0. The third-order valence-electron chi connectivity index (χ3n) is 3.02. The highest BCUT2D eigenvalue weighted by molar-refractivity contribution is 7.99. The van der Waals surface area contributed by atoms with Crippen molar-refractivity contribution in [2.75, 3.05) is 12.9 Å². The van der Waals surface area contributed by atoms with Crippen molar-refractivity contribution in [1.82, 2.24) is 5.32 Å². The second kappa shape index (κ2) is 7.13. The molecule has 0 aliphatic rings. The zero-order valence-corrected chi connectivity index (χ0v) is 12.8. The van der Waals surface area contributed by atoms with Crippen molar-refractivity contribution in [1.29, 1.82) is 0 Å². The number of carbonyl (C=O) groups excluding carboxylic acids is 2. The lowest BCUT2D eigenvalue weighted by Crippen LogP contribution is -2.42. The van der Waals surface area contributed by atoms with E-state index < -0.39 is 12.0 Å². The summed E-state index contributed by atoms with van der Waals surface area (Å²) < 4.78 is 4.72. The minimum absolute atomic E-state index is 0.246. The Morgan fingerprint density at radius 1 is 1.19 bits per heavy atom. The van der Waals surface area contributed by atoms with E-state index in [9.17, 15) is 9.59 Å². The van der Waals surface area contributed by atoms with Crippen LogP contribution in [0.1, 0.15) is 6.92 Å². The molecule has 0 saturated heterocycles. The molecule has 4 nitrogen and oxygen atoms in total. The predicted octanol–water partition coefficient (Wildman–Crippen LogP) is 2.61. The molecule has 0 unspecified atom stereocenters. The van der Waals surface area contributed by atoms with Crippen LogP contribution in [0.15, 0.2) is 47.4 Å². The lowest BCUT2D eigenvalue weighted by molar-refractivity contribution is -0.144. The Morgan fingerprint density at radius 2 is 1.90 bits per heavy atom. The Morgan fingerprint density at radius 3 is 2.62 bits per heavy atom. The van der Waals surface area contributed by atoms with Crippen LogP contribution >= 0.6 is 11.8 Å². The van der Waals surface area contributed by atoms with Crippen molar-refractivity contribution in [2.45, 2.75) is 17.9 Å². The molecule has 110 valence electrons. The van der Waals surface area contributed by atoms with Gasteiger partial charge in [0, 0.05) is 17.6 Å². The Labute approximate surface area is 127 Å². The van der Waals surface area contributed by atoms with Crippen LogP contribution in [-0.2, 0) is 14.3 Å². The number of methoxy groups -OCH3 is 1. The molecule has 0 aromatic heterocycles. The van der Waals surface area contributed by atoms with E-state index in [1.54, 1.807) is 0 Å². The standard InChI is InChI=1S/C16H17NO3S/c1-11(18)17-14(16(19)20-2)10-21-15-9-5-7-12-6-3-4-8-13(12)15/h3-9,14H,10H2,1-2H3,(H,17,18)/t14-/m0/s1. The zero-order valence-electron chi connectivity index (χ0n) is 12.0. The molecule has 0 bridgehead atoms. The zero-order chi connectivity index (χ0) is 15.2. The summed E-state index contributed by atoms with van der Waals surface area (Å²) in [5.74, 6) is -0.248. The Kier molecular flexibility index (Phi) is 5.22. The molecule has 21 heavy (non-hydrogen) atoms. The summed E-state index contributed by atoms with van der Waals surface area (Å²) in [4.78, 5) is 23.9. The van der Waals surface area contributed by atoms with Crippen molar-refractivity contribution in [2.24, 2.45) is 0 Å². The normalized spacial score (nSPS) is 11.9. The number of amides is 1. The number of hydrogen-bond donors (Lipinski definition) is 1. The SMILES string of the molecule is COC(=O)[C@H](CSc1cccc2ccccc12)NC(C)=O. The lowest BCUT2D eigenvalue weighted by atomic mass is 10.1. The maximum absolute atomic E-state index is 11.7. The number of benzene rings is 2. The first kappa shape index (κ1) is 15.4. The van der Waals surface area contributed by atoms with Gasteiger partial charge >= 0.3 is 5.97 Å². The number of ether oxygens (including phenoxy) is 1. The molecule has 2 rings (SSSR count). The number of carbonyl (C=O) groups is 2. The molecule has 0 spiro atoms. The van der Waals surface area contributed by atoms with E-state index >= 15 is 0 Å². The number of fused-ring (bicyclic) bond motifs is 1. The fraction of sp³-hybridized carbons (Fsp3) is 0.250. The largest absolute Gasteiger partial charge is 0.467 e. The van der Waals surface area contributed by atoms with E-state index in [1.165, 1.54) is 25.8 Å². The van der Waals surface area contributed by atoms with Crippen molar-refractivity contribution in [3.8, 4) is 0 Å². The van der Waals surface area contributed by atoms with Gasteiger partial charge in [-0.3, -0.25) is 4.79 Å². The molecule has 2 aromatic rings. The molecule has 0 saturated carbocycles. The van der Waals surface area contributed by atoms with Gasteiger partial charge in [-0.2, -0.15) is 0 Å². The van der Waals surface area contributed by atoms with Gasteiger partial charge in [-0.15, -0.1) is 11.8 Å². The summed E-state index contributed by atoms with van der Waals surface area (Å²) >= 11 is 1.53. The predicted molar refractivity (Wildman–Crippen MR) is 84.3 cm³/mol. The molecule has 1 atom stereocenters. The second-order valence-corrected chi connectivity index (χ2v) is 5.63. The van der Waals surface area contributed by atoms with Gasteiger partial charge in [-0.25, -0.2) is 4.79 Å². The highest BCUT2D eigenvalue weighted by Gasteiger charge is 2.20. The fourth-order valence-corrected chi connectivity index (χ4v) is 3.13. The van der Waals surface area contributed by atoms with Crippen LogP contribution < -0.4 is 5.32 Å². The number of nitrogens with one attached hydrogen (secondary N) is 1. The first-order chi connectivity index (χ1) is 10.1. The van der Waals surface area contributed by atoms with Gasteiger partial charge in [0.1, 0.15) is 6.04 Å². The molecule has 0 heterocycles. The minimum atomic E-state index is -0.642. The van der Waals surface area contributed by atoms with E-state index in [0.717, 1.165) is 15.7 Å². The number of hydrogen-bond acceptors (Lipinski definition) is 4. The molecule has 2 aromatic carbocycles. The average Bonchev–Trinajstić information content (AvgIpc) is 2.50. The molecular formula is C16H17NO3S. The van der Waals surface area contributed by atoms with Crippen LogP contribution in [0.25, 0.3) is 10.8 Å². The molecular weight excluding hydrogens is 286 g/mol. The van der Waals surface area contributed by atoms with Crippen LogP contribution in [0, 0.1) is 0 Å². The Bertz CT molecular complexity index is 652. The molecule has 0 radical (unpaired) electrons. The van der Waals surface area contributed by atoms with E-state index in [4.69, 9.17) is 4.74 Å². The van der Waals surface area contributed by atoms with Gasteiger partial charge in [0.05, 0.1) is 7.11 Å². The third-order valence-corrected chi connectivity index (χ3v) is 4.19. The van der Waals surface area contributed by atoms with Crippen molar-refractivity contribution < 1.29 is 14.3 Å². The molecule has 0 aliphatic carbocycles. The molecule has 1 N–H and O–H groups in total. The summed E-state index contributed by atoms with van der Waals surface area (Å²) in [6.45, 7) is 1.39. The quantitative estimate of drug-likeness (QED) is 0.681. The first-order valence-electron chi connectivity index (χ1n) is 6.57. The van der Waals surface area contributed by atoms with Crippen molar-refractivity contribution in [3.05, 3.63) is 42.5 Å². The van der Waals surface area contributed by atoms with E-state index in [1.807, 2.05) is 42.5 Å². The number of thioether (sulfide) groups is 1. The minimum Gasteiger partial charge on any atom is -0.467 e. The summed E-state index contributed by atoms with van der Waals surface area (Å²) in [7, 11) is 1.32. The van der Waals surface area contributed by atoms with Crippen molar-refractivity contribution in [3.63, 3.8) is 0 Å². The Hall–Kier alpha value is -2.01. The summed E-state index contributed by atoms with van der Waals surface area (Å²) in [5, 5.41) is 4.90. The van der Waals surface area contributed by atoms with E-state index in [2.05, 4.69) is 5.32 Å². The first-order valence-corrected chi connectivity index (χ1v) is 7.56. The highest BCUT2D eigenvalue weighted by atomic mass is 32.2. The van der Waals surface area contributed by atoms with Crippen LogP contribution in [0.5, 0.6) is 0 Å². The maximum Gasteiger partial charge on any atom is 0.329 e. The van der Waals surface area contributed by atoms with Gasteiger partial charge in [0.2, 0.25) is 5.91 Å². The maximum atomic E-state index is 11.7. The van der Waals surface area contributed by atoms with Gasteiger partial charge in [-0.1, -0.05) is 36.4 Å². The van der Waals surface area contributed by atoms with Gasteiger partial charge < -0.3 is 10.1 Å². The van der Waals surface area contributed by atoms with Gasteiger partial charge in [0.15, 0.2) is 0 Å². The monoisotopic (exact) mass is 303 g/mol. The van der Waals surface area contributed by atoms with E-state index in [0.29, 0.717) is 5.75 Å². The van der Waals surface area contributed by atoms with Gasteiger partial charge in [-0.05, 0) is 16.8 Å². The van der Waals surface area contributed by atoms with Crippen LogP contribution in [-0.4, -0.2) is 30.8 Å². The second-order valence-electron chi connectivity index (χ2n) is 4.56. The van der Waals surface area contributed by atoms with Gasteiger partial charge in [0.25, 0.3) is 0 Å². The summed E-state index contributed by atoms with van der Waals surface area (Å²) in [5.41, 5.74) is 0. The number of esters is 1. The third kappa shape index (κ3) is 3.98.